The molecule has 25 heavy (non-hydrogen) atoms. The van der Waals surface area contributed by atoms with Crippen molar-refractivity contribution in [1.29, 1.82) is 0 Å². The van der Waals surface area contributed by atoms with Crippen molar-refractivity contribution >= 4 is 0 Å². The average Bonchev–Trinajstić information content (AvgIpc) is 2.88. The number of nitrogens with zero attached hydrogens (tertiary/aromatic N) is 2. The first-order valence-corrected chi connectivity index (χ1v) is 8.64. The Bertz CT molecular complexity index is 824. The van der Waals surface area contributed by atoms with E-state index < -0.39 is 0 Å². The van der Waals surface area contributed by atoms with Gasteiger partial charge in [0.05, 0.1) is 5.69 Å². The van der Waals surface area contributed by atoms with Gasteiger partial charge < -0.3 is 10.1 Å². The zero-order valence-electron chi connectivity index (χ0n) is 15.1. The third-order valence-electron chi connectivity index (χ3n) is 4.47. The van der Waals surface area contributed by atoms with E-state index >= 15 is 0 Å². The Morgan fingerprint density at radius 2 is 1.72 bits per heavy atom. The SMILES string of the molecule is Cc1nn(C)c(C)c1CNCCOc1ccccc1-c1ccccc1. The summed E-state index contributed by atoms with van der Waals surface area (Å²) in [6.45, 7) is 6.38. The molecule has 0 fully saturated rings. The lowest BCUT2D eigenvalue weighted by atomic mass is 10.1. The van der Waals surface area contributed by atoms with Gasteiger partial charge in [-0.2, -0.15) is 5.10 Å². The third kappa shape index (κ3) is 4.09. The van der Waals surface area contributed by atoms with Crippen LogP contribution in [0, 0.1) is 13.8 Å². The second-order valence-corrected chi connectivity index (χ2v) is 6.16. The van der Waals surface area contributed by atoms with Gasteiger partial charge in [0, 0.05) is 37.0 Å². The summed E-state index contributed by atoms with van der Waals surface area (Å²) >= 11 is 0. The molecule has 3 rings (SSSR count). The molecule has 2 aromatic carbocycles. The van der Waals surface area contributed by atoms with Gasteiger partial charge >= 0.3 is 0 Å². The maximum atomic E-state index is 6.01. The normalized spacial score (nSPS) is 10.8. The smallest absolute Gasteiger partial charge is 0.127 e. The molecule has 0 unspecified atom stereocenters. The minimum absolute atomic E-state index is 0.627. The Balaban J connectivity index is 1.55. The van der Waals surface area contributed by atoms with Crippen LogP contribution in [0.25, 0.3) is 11.1 Å². The molecule has 0 aliphatic heterocycles. The van der Waals surface area contributed by atoms with E-state index in [0.29, 0.717) is 6.61 Å². The minimum atomic E-state index is 0.627. The first kappa shape index (κ1) is 17.2. The number of rotatable bonds is 7. The van der Waals surface area contributed by atoms with E-state index in [1.807, 2.05) is 48.1 Å². The van der Waals surface area contributed by atoms with E-state index in [0.717, 1.165) is 30.1 Å². The van der Waals surface area contributed by atoms with Gasteiger partial charge in [0.1, 0.15) is 12.4 Å². The van der Waals surface area contributed by atoms with Crippen LogP contribution in [0.5, 0.6) is 5.75 Å². The minimum Gasteiger partial charge on any atom is -0.492 e. The van der Waals surface area contributed by atoms with E-state index in [9.17, 15) is 0 Å². The fraction of sp³-hybridized carbons (Fsp3) is 0.286. The van der Waals surface area contributed by atoms with E-state index in [4.69, 9.17) is 4.74 Å². The van der Waals surface area contributed by atoms with Crippen LogP contribution in [0.4, 0.5) is 0 Å². The van der Waals surface area contributed by atoms with Crippen LogP contribution in [0.3, 0.4) is 0 Å². The fourth-order valence-electron chi connectivity index (χ4n) is 2.97. The molecule has 0 atom stereocenters. The average molecular weight is 335 g/mol. The van der Waals surface area contributed by atoms with Gasteiger partial charge in [-0.25, -0.2) is 0 Å². The molecule has 0 spiro atoms. The van der Waals surface area contributed by atoms with Crippen LogP contribution >= 0.6 is 0 Å². The summed E-state index contributed by atoms with van der Waals surface area (Å²) < 4.78 is 7.94. The predicted molar refractivity (Wildman–Crippen MR) is 102 cm³/mol. The number of hydrogen-bond donors (Lipinski definition) is 1. The molecule has 4 heteroatoms. The van der Waals surface area contributed by atoms with Crippen molar-refractivity contribution in [3.63, 3.8) is 0 Å². The molecule has 0 radical (unpaired) electrons. The summed E-state index contributed by atoms with van der Waals surface area (Å²) in [5.74, 6) is 0.921. The van der Waals surface area contributed by atoms with Crippen molar-refractivity contribution in [2.75, 3.05) is 13.2 Å². The van der Waals surface area contributed by atoms with E-state index in [1.165, 1.54) is 16.8 Å². The number of ether oxygens (including phenoxy) is 1. The Hall–Kier alpha value is -2.59. The first-order chi connectivity index (χ1) is 12.2. The summed E-state index contributed by atoms with van der Waals surface area (Å²) in [7, 11) is 1.98. The summed E-state index contributed by atoms with van der Waals surface area (Å²) in [6, 6.07) is 18.5. The highest BCUT2D eigenvalue weighted by atomic mass is 16.5. The molecule has 0 bridgehead atoms. The van der Waals surface area contributed by atoms with Crippen molar-refractivity contribution in [2.45, 2.75) is 20.4 Å². The molecule has 1 N–H and O–H groups in total. The highest BCUT2D eigenvalue weighted by Crippen LogP contribution is 2.29. The topological polar surface area (TPSA) is 39.1 Å². The maximum Gasteiger partial charge on any atom is 0.127 e. The Labute approximate surface area is 149 Å². The quantitative estimate of drug-likeness (QED) is 0.666. The van der Waals surface area contributed by atoms with Crippen molar-refractivity contribution in [2.24, 2.45) is 7.05 Å². The molecule has 0 aliphatic carbocycles. The van der Waals surface area contributed by atoms with Crippen molar-refractivity contribution < 1.29 is 4.74 Å². The van der Waals surface area contributed by atoms with Gasteiger partial charge in [-0.15, -0.1) is 0 Å². The van der Waals surface area contributed by atoms with Crippen LogP contribution < -0.4 is 10.1 Å². The van der Waals surface area contributed by atoms with E-state index in [-0.39, 0.29) is 0 Å². The summed E-state index contributed by atoms with van der Waals surface area (Å²) in [5.41, 5.74) is 5.87. The number of aromatic nitrogens is 2. The summed E-state index contributed by atoms with van der Waals surface area (Å²) in [5, 5.41) is 7.90. The molecule has 3 aromatic rings. The van der Waals surface area contributed by atoms with Crippen molar-refractivity contribution in [3.8, 4) is 16.9 Å². The van der Waals surface area contributed by atoms with Gasteiger partial charge in [0.2, 0.25) is 0 Å². The molecule has 130 valence electrons. The molecule has 0 amide bonds. The molecule has 1 aromatic heterocycles. The molecule has 4 nitrogen and oxygen atoms in total. The lowest BCUT2D eigenvalue weighted by molar-refractivity contribution is 0.315. The Morgan fingerprint density at radius 3 is 2.44 bits per heavy atom. The highest BCUT2D eigenvalue weighted by molar-refractivity contribution is 5.70. The molecule has 0 aliphatic rings. The monoisotopic (exact) mass is 335 g/mol. The molecular formula is C21H25N3O. The van der Waals surface area contributed by atoms with Crippen LogP contribution in [0.2, 0.25) is 0 Å². The van der Waals surface area contributed by atoms with Crippen LogP contribution in [0.1, 0.15) is 17.0 Å². The van der Waals surface area contributed by atoms with Gasteiger partial charge in [-0.3, -0.25) is 4.68 Å². The lowest BCUT2D eigenvalue weighted by Gasteiger charge is -2.12. The Kier molecular flexibility index (Phi) is 5.51. The second kappa shape index (κ2) is 7.99. The van der Waals surface area contributed by atoms with Gasteiger partial charge in [0.25, 0.3) is 0 Å². The highest BCUT2D eigenvalue weighted by Gasteiger charge is 2.09. The standard InChI is InChI=1S/C21H25N3O/c1-16-20(17(2)24(3)23-16)15-22-13-14-25-21-12-8-7-11-19(21)18-9-5-4-6-10-18/h4-12,22H,13-15H2,1-3H3. The lowest BCUT2D eigenvalue weighted by Crippen LogP contribution is -2.21. The number of benzene rings is 2. The summed E-state index contributed by atoms with van der Waals surface area (Å²) in [4.78, 5) is 0. The van der Waals surface area contributed by atoms with Crippen LogP contribution in [0.15, 0.2) is 54.6 Å². The molecule has 1 heterocycles. The zero-order valence-corrected chi connectivity index (χ0v) is 15.1. The molecular weight excluding hydrogens is 310 g/mol. The van der Waals surface area contributed by atoms with Crippen LogP contribution in [-0.2, 0) is 13.6 Å². The fourth-order valence-corrected chi connectivity index (χ4v) is 2.97. The summed E-state index contributed by atoms with van der Waals surface area (Å²) in [6.07, 6.45) is 0. The van der Waals surface area contributed by atoms with Crippen LogP contribution in [-0.4, -0.2) is 22.9 Å². The van der Waals surface area contributed by atoms with Crippen molar-refractivity contribution in [1.82, 2.24) is 15.1 Å². The number of nitrogens with one attached hydrogen (secondary N) is 1. The maximum absolute atomic E-state index is 6.01. The predicted octanol–water partition coefficient (Wildman–Crippen LogP) is 3.87. The first-order valence-electron chi connectivity index (χ1n) is 8.64. The largest absolute Gasteiger partial charge is 0.492 e. The van der Waals surface area contributed by atoms with Gasteiger partial charge in [-0.1, -0.05) is 48.5 Å². The third-order valence-corrected chi connectivity index (χ3v) is 4.47. The van der Waals surface area contributed by atoms with E-state index in [2.05, 4.69) is 42.5 Å². The van der Waals surface area contributed by atoms with Gasteiger partial charge in [0.15, 0.2) is 0 Å². The Morgan fingerprint density at radius 1 is 1.00 bits per heavy atom. The number of para-hydroxylation sites is 1. The van der Waals surface area contributed by atoms with Gasteiger partial charge in [-0.05, 0) is 25.5 Å². The number of hydrogen-bond acceptors (Lipinski definition) is 3. The van der Waals surface area contributed by atoms with E-state index in [1.54, 1.807) is 0 Å². The molecule has 0 saturated carbocycles. The zero-order chi connectivity index (χ0) is 17.6. The van der Waals surface area contributed by atoms with Crippen molar-refractivity contribution in [3.05, 3.63) is 71.5 Å². The second-order valence-electron chi connectivity index (χ2n) is 6.16. The number of aryl methyl sites for hydroxylation is 2. The molecule has 0 saturated heterocycles.